The Labute approximate surface area is 182 Å². The Bertz CT molecular complexity index is 866. The molecule has 4 rings (SSSR count). The summed E-state index contributed by atoms with van der Waals surface area (Å²) in [4.78, 5) is 0. The second-order valence-electron chi connectivity index (χ2n) is 8.48. The number of benzene rings is 2. The van der Waals surface area contributed by atoms with E-state index in [0.29, 0.717) is 0 Å². The van der Waals surface area contributed by atoms with Gasteiger partial charge in [0.15, 0.2) is 0 Å². The average molecular weight is 478 g/mol. The molecule has 3 heteroatoms. The van der Waals surface area contributed by atoms with Crippen LogP contribution in [0.25, 0.3) is 21.9 Å². The number of hydrogen-bond acceptors (Lipinski definition) is 0. The van der Waals surface area contributed by atoms with Gasteiger partial charge in [-0.15, -0.1) is 34.5 Å². The van der Waals surface area contributed by atoms with Crippen LogP contribution in [-0.4, -0.2) is 0 Å². The van der Waals surface area contributed by atoms with Gasteiger partial charge in [-0.3, -0.25) is 0 Å². The van der Waals surface area contributed by atoms with E-state index in [9.17, 15) is 0 Å². The molecule has 0 heterocycles. The summed E-state index contributed by atoms with van der Waals surface area (Å²) in [5.41, 5.74) is 5.86. The third-order valence-corrected chi connectivity index (χ3v) is 5.66. The normalized spacial score (nSPS) is 14.9. The van der Waals surface area contributed by atoms with Gasteiger partial charge < -0.3 is 0 Å². The van der Waals surface area contributed by atoms with E-state index < -0.39 is 20.8 Å². The van der Waals surface area contributed by atoms with Crippen molar-refractivity contribution in [3.8, 4) is 11.1 Å². The van der Waals surface area contributed by atoms with Gasteiger partial charge in [0.25, 0.3) is 0 Å². The van der Waals surface area contributed by atoms with Gasteiger partial charge in [-0.2, -0.15) is 6.07 Å². The van der Waals surface area contributed by atoms with Gasteiger partial charge in [0.2, 0.25) is 0 Å². The predicted octanol–water partition coefficient (Wildman–Crippen LogP) is 8.56. The van der Waals surface area contributed by atoms with E-state index >= 15 is 0 Å². The molecule has 0 nitrogen and oxygen atoms in total. The molecule has 0 atom stereocenters. The van der Waals surface area contributed by atoms with Crippen molar-refractivity contribution >= 4 is 27.8 Å². The van der Waals surface area contributed by atoms with Crippen LogP contribution in [0.2, 0.25) is 0 Å². The molecule has 0 aromatic heterocycles. The third-order valence-electron chi connectivity index (χ3n) is 5.66. The van der Waals surface area contributed by atoms with Crippen LogP contribution in [0.5, 0.6) is 0 Å². The number of rotatable bonds is 2. The number of halogens is 2. The van der Waals surface area contributed by atoms with E-state index in [-0.39, 0.29) is 5.41 Å². The van der Waals surface area contributed by atoms with Crippen LogP contribution in [0, 0.1) is 0 Å². The zero-order chi connectivity index (χ0) is 19.4. The molecule has 142 valence electrons. The molecule has 0 amide bonds. The van der Waals surface area contributed by atoms with Crippen molar-refractivity contribution in [3.05, 3.63) is 65.7 Å². The SMILES string of the molecule is CC(C)(C)c1ccc(-c2cccc3[cH-]c(C4CCCC4)cc23)cc1.[Cl][Zr][Cl]. The Morgan fingerprint density at radius 1 is 0.963 bits per heavy atom. The molecule has 1 fully saturated rings. The van der Waals surface area contributed by atoms with Gasteiger partial charge in [0, 0.05) is 0 Å². The van der Waals surface area contributed by atoms with Crippen molar-refractivity contribution in [3.63, 3.8) is 0 Å². The van der Waals surface area contributed by atoms with Crippen molar-refractivity contribution in [1.82, 2.24) is 0 Å². The van der Waals surface area contributed by atoms with Gasteiger partial charge in [-0.25, -0.2) is 0 Å². The van der Waals surface area contributed by atoms with Crippen molar-refractivity contribution in [1.29, 1.82) is 0 Å². The summed E-state index contributed by atoms with van der Waals surface area (Å²) in [6, 6.07) is 20.8. The maximum absolute atomic E-state index is 4.93. The molecule has 0 bridgehead atoms. The van der Waals surface area contributed by atoms with Crippen molar-refractivity contribution < 1.29 is 20.8 Å². The molecule has 0 saturated heterocycles. The first kappa shape index (κ1) is 21.2. The number of fused-ring (bicyclic) bond motifs is 1. The summed E-state index contributed by atoms with van der Waals surface area (Å²) in [5.74, 6) is 0.786. The summed E-state index contributed by atoms with van der Waals surface area (Å²) < 4.78 is 0. The van der Waals surface area contributed by atoms with Crippen LogP contribution in [0.3, 0.4) is 0 Å². The van der Waals surface area contributed by atoms with E-state index in [2.05, 4.69) is 75.4 Å². The predicted molar refractivity (Wildman–Crippen MR) is 117 cm³/mol. The second kappa shape index (κ2) is 9.34. The van der Waals surface area contributed by atoms with Crippen LogP contribution in [0.4, 0.5) is 0 Å². The van der Waals surface area contributed by atoms with Crippen LogP contribution in [-0.2, 0) is 26.3 Å². The first-order chi connectivity index (χ1) is 12.9. The molecular formula is C24H27Cl2Zr-. The molecular weight excluding hydrogens is 450 g/mol. The molecule has 0 aliphatic heterocycles. The fourth-order valence-corrected chi connectivity index (χ4v) is 4.15. The van der Waals surface area contributed by atoms with E-state index in [1.165, 1.54) is 53.1 Å². The van der Waals surface area contributed by atoms with E-state index in [1.807, 2.05) is 0 Å². The van der Waals surface area contributed by atoms with Gasteiger partial charge >= 0.3 is 37.9 Å². The summed E-state index contributed by atoms with van der Waals surface area (Å²) >= 11 is -0.826. The number of hydrogen-bond donors (Lipinski definition) is 0. The Morgan fingerprint density at radius 2 is 1.59 bits per heavy atom. The summed E-state index contributed by atoms with van der Waals surface area (Å²) in [6.07, 6.45) is 5.53. The third kappa shape index (κ3) is 5.12. The quantitative estimate of drug-likeness (QED) is 0.324. The molecule has 1 aliphatic rings. The van der Waals surface area contributed by atoms with Gasteiger partial charge in [0.05, 0.1) is 0 Å². The van der Waals surface area contributed by atoms with Crippen LogP contribution in [0.15, 0.2) is 54.6 Å². The Balaban J connectivity index is 0.000000659. The topological polar surface area (TPSA) is 0 Å². The molecule has 0 spiro atoms. The summed E-state index contributed by atoms with van der Waals surface area (Å²) in [5, 5.41) is 2.82. The zero-order valence-electron chi connectivity index (χ0n) is 16.4. The standard InChI is InChI=1S/C24H27.2ClH.Zr/c1-24(2,3)21-13-11-18(12-14-21)22-10-6-9-19-15-20(16-23(19)22)17-7-4-5-8-17;;;/h6,9-17H,4-5,7-8H2,1-3H3;2*1H;/q-1;;;+2/p-2. The van der Waals surface area contributed by atoms with Gasteiger partial charge in [-0.1, -0.05) is 69.5 Å². The van der Waals surface area contributed by atoms with Crippen LogP contribution in [0.1, 0.15) is 63.5 Å². The second-order valence-corrected chi connectivity index (χ2v) is 12.2. The summed E-state index contributed by atoms with van der Waals surface area (Å²) in [7, 11) is 9.87. The minimum absolute atomic E-state index is 0.209. The Morgan fingerprint density at radius 3 is 2.19 bits per heavy atom. The molecule has 1 saturated carbocycles. The Kier molecular flexibility index (Phi) is 7.34. The first-order valence-corrected chi connectivity index (χ1v) is 16.0. The van der Waals surface area contributed by atoms with Crippen molar-refractivity contribution in [2.45, 2.75) is 57.8 Å². The fraction of sp³-hybridized carbons (Fsp3) is 0.375. The minimum atomic E-state index is -0.826. The molecule has 0 radical (unpaired) electrons. The zero-order valence-corrected chi connectivity index (χ0v) is 20.3. The van der Waals surface area contributed by atoms with Gasteiger partial charge in [-0.05, 0) is 35.3 Å². The van der Waals surface area contributed by atoms with Crippen LogP contribution >= 0.6 is 17.0 Å². The van der Waals surface area contributed by atoms with Crippen molar-refractivity contribution in [2.24, 2.45) is 0 Å². The average Bonchev–Trinajstić information content (AvgIpc) is 3.30. The Hall–Kier alpha value is -0.487. The molecule has 0 unspecified atom stereocenters. The molecule has 3 aromatic rings. The fourth-order valence-electron chi connectivity index (χ4n) is 4.15. The van der Waals surface area contributed by atoms with Crippen molar-refractivity contribution in [2.75, 3.05) is 0 Å². The maximum atomic E-state index is 4.93. The first-order valence-electron chi connectivity index (χ1n) is 9.70. The molecule has 3 aromatic carbocycles. The van der Waals surface area contributed by atoms with E-state index in [0.717, 1.165) is 5.92 Å². The molecule has 1 aliphatic carbocycles. The molecule has 0 N–H and O–H groups in total. The van der Waals surface area contributed by atoms with E-state index in [1.54, 1.807) is 5.56 Å². The monoisotopic (exact) mass is 475 g/mol. The summed E-state index contributed by atoms with van der Waals surface area (Å²) in [6.45, 7) is 6.81. The van der Waals surface area contributed by atoms with E-state index in [4.69, 9.17) is 17.0 Å². The van der Waals surface area contributed by atoms with Gasteiger partial charge in [0.1, 0.15) is 0 Å². The van der Waals surface area contributed by atoms with Crippen LogP contribution < -0.4 is 0 Å². The molecule has 27 heavy (non-hydrogen) atoms.